The second-order valence-electron chi connectivity index (χ2n) is 6.67. The van der Waals surface area contributed by atoms with Crippen molar-refractivity contribution in [3.8, 4) is 0 Å². The number of carbonyl (C=O) groups excluding carboxylic acids is 2. The predicted molar refractivity (Wildman–Crippen MR) is 116 cm³/mol. The van der Waals surface area contributed by atoms with E-state index in [2.05, 4.69) is 10.3 Å². The lowest BCUT2D eigenvalue weighted by Crippen LogP contribution is -2.37. The molecule has 150 valence electrons. The molecular weight excluding hydrogens is 388 g/mol. The number of imidazole rings is 1. The molecule has 0 radical (unpaired) electrons. The van der Waals surface area contributed by atoms with Gasteiger partial charge in [-0.2, -0.15) is 0 Å². The van der Waals surface area contributed by atoms with Crippen LogP contribution in [-0.4, -0.2) is 39.2 Å². The summed E-state index contributed by atoms with van der Waals surface area (Å²) in [6.45, 7) is 4.34. The van der Waals surface area contributed by atoms with Crippen molar-refractivity contribution in [2.75, 3.05) is 18.4 Å². The number of halogens is 1. The van der Waals surface area contributed by atoms with Gasteiger partial charge in [-0.25, -0.2) is 4.98 Å². The Bertz CT molecular complexity index is 1060. The number of para-hydroxylation sites is 1. The van der Waals surface area contributed by atoms with E-state index in [9.17, 15) is 9.59 Å². The minimum atomic E-state index is -0.256. The maximum atomic E-state index is 12.7. The summed E-state index contributed by atoms with van der Waals surface area (Å²) in [5, 5.41) is 3.18. The Morgan fingerprint density at radius 1 is 1.21 bits per heavy atom. The highest BCUT2D eigenvalue weighted by atomic mass is 35.5. The maximum absolute atomic E-state index is 12.7. The van der Waals surface area contributed by atoms with Crippen LogP contribution >= 0.6 is 11.6 Å². The third-order valence-corrected chi connectivity index (χ3v) is 4.74. The Hall–Kier alpha value is -3.12. The van der Waals surface area contributed by atoms with Gasteiger partial charge in [0.15, 0.2) is 5.15 Å². The zero-order valence-electron chi connectivity index (χ0n) is 16.4. The van der Waals surface area contributed by atoms with E-state index in [4.69, 9.17) is 11.6 Å². The fourth-order valence-corrected chi connectivity index (χ4v) is 3.24. The monoisotopic (exact) mass is 410 g/mol. The first kappa shape index (κ1) is 20.6. The number of carbonyl (C=O) groups is 2. The standard InChI is InChI=1S/C22H23ClN4O2/c1-3-13-26(15-20(28)24-17-9-5-4-8-16(17)2)21(29)12-11-18-22(23)25-19-10-6-7-14-27(18)19/h4-12,14H,3,13,15H2,1-2H3,(H,24,28)/b12-11+. The highest BCUT2D eigenvalue weighted by Gasteiger charge is 2.16. The molecule has 0 aliphatic heterocycles. The van der Waals surface area contributed by atoms with Crippen molar-refractivity contribution in [3.63, 3.8) is 0 Å². The van der Waals surface area contributed by atoms with Gasteiger partial charge in [-0.3, -0.25) is 14.0 Å². The molecule has 1 aromatic carbocycles. The van der Waals surface area contributed by atoms with Gasteiger partial charge >= 0.3 is 0 Å². The highest BCUT2D eigenvalue weighted by Crippen LogP contribution is 2.19. The topological polar surface area (TPSA) is 66.7 Å². The third-order valence-electron chi connectivity index (χ3n) is 4.46. The van der Waals surface area contributed by atoms with E-state index >= 15 is 0 Å². The average Bonchev–Trinajstić information content (AvgIpc) is 3.02. The Balaban J connectivity index is 1.72. The quantitative estimate of drug-likeness (QED) is 0.594. The SMILES string of the molecule is CCCN(CC(=O)Nc1ccccc1C)C(=O)/C=C/c1c(Cl)nc2ccccn12. The molecular formula is C22H23ClN4O2. The molecule has 0 spiro atoms. The van der Waals surface area contributed by atoms with E-state index in [-0.39, 0.29) is 18.4 Å². The molecule has 0 atom stereocenters. The zero-order chi connectivity index (χ0) is 20.8. The number of benzene rings is 1. The van der Waals surface area contributed by atoms with Gasteiger partial charge in [0.2, 0.25) is 11.8 Å². The number of hydrogen-bond donors (Lipinski definition) is 1. The summed E-state index contributed by atoms with van der Waals surface area (Å²) in [5.41, 5.74) is 3.04. The maximum Gasteiger partial charge on any atom is 0.247 e. The fraction of sp³-hybridized carbons (Fsp3) is 0.227. The van der Waals surface area contributed by atoms with Crippen LogP contribution in [0.4, 0.5) is 5.69 Å². The smallest absolute Gasteiger partial charge is 0.247 e. The lowest BCUT2D eigenvalue weighted by molar-refractivity contribution is -0.130. The van der Waals surface area contributed by atoms with Crippen molar-refractivity contribution in [2.24, 2.45) is 0 Å². The van der Waals surface area contributed by atoms with Crippen LogP contribution in [0.2, 0.25) is 5.15 Å². The molecule has 0 fully saturated rings. The van der Waals surface area contributed by atoms with E-state index in [0.29, 0.717) is 23.0 Å². The number of nitrogens with one attached hydrogen (secondary N) is 1. The van der Waals surface area contributed by atoms with Crippen LogP contribution in [0, 0.1) is 6.92 Å². The number of anilines is 1. The summed E-state index contributed by atoms with van der Waals surface area (Å²) in [5.74, 6) is -0.490. The first-order valence-corrected chi connectivity index (χ1v) is 9.82. The molecule has 2 amide bonds. The third kappa shape index (κ3) is 5.03. The molecule has 0 saturated carbocycles. The van der Waals surface area contributed by atoms with Crippen LogP contribution < -0.4 is 5.32 Å². The Morgan fingerprint density at radius 2 is 1.97 bits per heavy atom. The molecule has 0 saturated heterocycles. The van der Waals surface area contributed by atoms with Crippen LogP contribution in [0.3, 0.4) is 0 Å². The molecule has 3 aromatic rings. The minimum Gasteiger partial charge on any atom is -0.330 e. The van der Waals surface area contributed by atoms with E-state index in [1.54, 1.807) is 10.5 Å². The Morgan fingerprint density at radius 3 is 2.72 bits per heavy atom. The first-order chi connectivity index (χ1) is 14.0. The molecule has 1 N–H and O–H groups in total. The van der Waals surface area contributed by atoms with Gasteiger partial charge < -0.3 is 10.2 Å². The van der Waals surface area contributed by atoms with Crippen LogP contribution in [0.25, 0.3) is 11.7 Å². The number of nitrogens with zero attached hydrogens (tertiary/aromatic N) is 3. The van der Waals surface area contributed by atoms with Crippen LogP contribution in [0.1, 0.15) is 24.6 Å². The Kier molecular flexibility index (Phi) is 6.67. The number of pyridine rings is 1. The van der Waals surface area contributed by atoms with Gasteiger partial charge in [-0.05, 0) is 43.2 Å². The lowest BCUT2D eigenvalue weighted by Gasteiger charge is -2.20. The van der Waals surface area contributed by atoms with Crippen molar-refractivity contribution < 1.29 is 9.59 Å². The molecule has 2 heterocycles. The molecule has 7 heteroatoms. The predicted octanol–water partition coefficient (Wildman–Crippen LogP) is 4.19. The highest BCUT2D eigenvalue weighted by molar-refractivity contribution is 6.31. The average molecular weight is 411 g/mol. The summed E-state index contributed by atoms with van der Waals surface area (Å²) in [4.78, 5) is 30.9. The second kappa shape index (κ2) is 9.39. The summed E-state index contributed by atoms with van der Waals surface area (Å²) < 4.78 is 1.81. The van der Waals surface area contributed by atoms with Crippen molar-refractivity contribution in [1.29, 1.82) is 0 Å². The van der Waals surface area contributed by atoms with Crippen LogP contribution in [0.15, 0.2) is 54.7 Å². The molecule has 2 aromatic heterocycles. The Labute approximate surface area is 174 Å². The molecule has 3 rings (SSSR count). The molecule has 0 unspecified atom stereocenters. The van der Waals surface area contributed by atoms with Crippen molar-refractivity contribution in [3.05, 3.63) is 71.1 Å². The minimum absolute atomic E-state index is 0.0216. The number of hydrogen-bond acceptors (Lipinski definition) is 3. The van der Waals surface area contributed by atoms with E-state index in [1.807, 2.05) is 62.5 Å². The largest absolute Gasteiger partial charge is 0.330 e. The van der Waals surface area contributed by atoms with Gasteiger partial charge in [0.25, 0.3) is 0 Å². The molecule has 0 aliphatic carbocycles. The lowest BCUT2D eigenvalue weighted by atomic mass is 10.2. The second-order valence-corrected chi connectivity index (χ2v) is 7.03. The zero-order valence-corrected chi connectivity index (χ0v) is 17.2. The van der Waals surface area contributed by atoms with Gasteiger partial charge in [0.1, 0.15) is 12.2 Å². The molecule has 29 heavy (non-hydrogen) atoms. The normalized spacial score (nSPS) is 11.1. The summed E-state index contributed by atoms with van der Waals surface area (Å²) in [6, 6.07) is 13.1. The van der Waals surface area contributed by atoms with E-state index in [0.717, 1.165) is 17.7 Å². The fourth-order valence-electron chi connectivity index (χ4n) is 3.00. The number of aryl methyl sites for hydroxylation is 1. The van der Waals surface area contributed by atoms with Crippen molar-refractivity contribution >= 4 is 40.8 Å². The van der Waals surface area contributed by atoms with E-state index < -0.39 is 0 Å². The van der Waals surface area contributed by atoms with Gasteiger partial charge in [-0.15, -0.1) is 0 Å². The molecule has 0 aliphatic rings. The van der Waals surface area contributed by atoms with E-state index in [1.165, 1.54) is 11.0 Å². The molecule has 6 nitrogen and oxygen atoms in total. The van der Waals surface area contributed by atoms with Gasteiger partial charge in [-0.1, -0.05) is 42.8 Å². The van der Waals surface area contributed by atoms with Crippen LogP contribution in [-0.2, 0) is 9.59 Å². The van der Waals surface area contributed by atoms with Crippen molar-refractivity contribution in [2.45, 2.75) is 20.3 Å². The van der Waals surface area contributed by atoms with Gasteiger partial charge in [0, 0.05) is 24.5 Å². The summed E-state index contributed by atoms with van der Waals surface area (Å²) in [7, 11) is 0. The van der Waals surface area contributed by atoms with Crippen LogP contribution in [0.5, 0.6) is 0 Å². The summed E-state index contributed by atoms with van der Waals surface area (Å²) >= 11 is 6.21. The first-order valence-electron chi connectivity index (χ1n) is 9.44. The van der Waals surface area contributed by atoms with Gasteiger partial charge in [0.05, 0.1) is 5.69 Å². The number of fused-ring (bicyclic) bond motifs is 1. The number of aromatic nitrogens is 2. The summed E-state index contributed by atoms with van der Waals surface area (Å²) in [6.07, 6.45) is 5.64. The molecule has 0 bridgehead atoms. The number of amides is 2. The van der Waals surface area contributed by atoms with Crippen molar-refractivity contribution in [1.82, 2.24) is 14.3 Å². The number of rotatable bonds is 7.